The summed E-state index contributed by atoms with van der Waals surface area (Å²) in [5.74, 6) is -0.103. The highest BCUT2D eigenvalue weighted by Gasteiger charge is 2.12. The van der Waals surface area contributed by atoms with Crippen LogP contribution in [0.5, 0.6) is 0 Å². The second-order valence-corrected chi connectivity index (χ2v) is 5.09. The highest BCUT2D eigenvalue weighted by molar-refractivity contribution is 5.88. The summed E-state index contributed by atoms with van der Waals surface area (Å²) < 4.78 is 1.28. The fourth-order valence-electron chi connectivity index (χ4n) is 2.09. The first kappa shape index (κ1) is 18.1. The van der Waals surface area contributed by atoms with Gasteiger partial charge in [-0.1, -0.05) is 18.2 Å². The molecule has 0 spiro atoms. The number of hydrogen-bond acceptors (Lipinski definition) is 4. The van der Waals surface area contributed by atoms with Crippen LogP contribution in [0.25, 0.3) is 10.8 Å². The van der Waals surface area contributed by atoms with E-state index in [-0.39, 0.29) is 36.3 Å². The van der Waals surface area contributed by atoms with E-state index in [0.717, 1.165) is 5.39 Å². The molecule has 120 valence electrons. The maximum absolute atomic E-state index is 12.0. The Hall–Kier alpha value is -1.92. The molecule has 7 heteroatoms. The number of carbonyl (C=O) groups is 1. The Morgan fingerprint density at radius 2 is 1.95 bits per heavy atom. The van der Waals surface area contributed by atoms with E-state index in [2.05, 4.69) is 15.7 Å². The van der Waals surface area contributed by atoms with Gasteiger partial charge in [0.2, 0.25) is 5.91 Å². The van der Waals surface area contributed by atoms with Crippen LogP contribution in [-0.2, 0) is 18.3 Å². The minimum Gasteiger partial charge on any atom is -0.354 e. The lowest BCUT2D eigenvalue weighted by atomic mass is 10.1. The van der Waals surface area contributed by atoms with Gasteiger partial charge >= 0.3 is 0 Å². The molecule has 0 aliphatic carbocycles. The summed E-state index contributed by atoms with van der Waals surface area (Å²) in [6.45, 7) is 2.54. The third-order valence-electron chi connectivity index (χ3n) is 3.46. The number of nitrogens with one attached hydrogen (secondary N) is 2. The van der Waals surface area contributed by atoms with Crippen LogP contribution in [0.1, 0.15) is 12.6 Å². The topological polar surface area (TPSA) is 76.0 Å². The van der Waals surface area contributed by atoms with Crippen molar-refractivity contribution in [3.63, 3.8) is 0 Å². The zero-order valence-corrected chi connectivity index (χ0v) is 13.7. The SMILES string of the molecule is CNC(C)CNC(=O)Cc1nn(C)c(=O)c2ccccc12.Cl. The fourth-order valence-corrected chi connectivity index (χ4v) is 2.09. The molecule has 1 aromatic heterocycles. The standard InChI is InChI=1S/C15H20N4O2.ClH/c1-10(16-2)9-17-14(20)8-13-11-6-4-5-7-12(11)15(21)19(3)18-13;/h4-7,10,16H,8-9H2,1-3H3,(H,17,20);1H. The van der Waals surface area contributed by atoms with Crippen molar-refractivity contribution in [1.29, 1.82) is 0 Å². The third kappa shape index (κ3) is 4.05. The summed E-state index contributed by atoms with van der Waals surface area (Å²) in [6, 6.07) is 7.43. The molecule has 0 radical (unpaired) electrons. The number of aromatic nitrogens is 2. The predicted octanol–water partition coefficient (Wildman–Crippen LogP) is 0.622. The molecule has 2 aromatic rings. The molecule has 1 unspecified atom stereocenters. The molecule has 0 saturated heterocycles. The average molecular weight is 325 g/mol. The molecule has 0 bridgehead atoms. The smallest absolute Gasteiger partial charge is 0.274 e. The molecule has 0 aliphatic heterocycles. The van der Waals surface area contributed by atoms with Crippen molar-refractivity contribution >= 4 is 29.1 Å². The van der Waals surface area contributed by atoms with Crippen LogP contribution in [0.4, 0.5) is 0 Å². The van der Waals surface area contributed by atoms with Gasteiger partial charge < -0.3 is 10.6 Å². The summed E-state index contributed by atoms with van der Waals surface area (Å²) in [5.41, 5.74) is 0.459. The van der Waals surface area contributed by atoms with Crippen LogP contribution in [0.3, 0.4) is 0 Å². The Morgan fingerprint density at radius 1 is 1.32 bits per heavy atom. The normalized spacial score (nSPS) is 11.8. The van der Waals surface area contributed by atoms with E-state index in [1.165, 1.54) is 4.68 Å². The summed E-state index contributed by atoms with van der Waals surface area (Å²) in [6.07, 6.45) is 0.158. The van der Waals surface area contributed by atoms with Gasteiger partial charge in [-0.05, 0) is 20.0 Å². The van der Waals surface area contributed by atoms with E-state index in [1.54, 1.807) is 13.1 Å². The van der Waals surface area contributed by atoms with Gasteiger partial charge in [0.05, 0.1) is 17.5 Å². The van der Waals surface area contributed by atoms with Crippen molar-refractivity contribution in [2.75, 3.05) is 13.6 Å². The minimum absolute atomic E-state index is 0. The Labute approximate surface area is 135 Å². The molecule has 1 amide bonds. The fraction of sp³-hybridized carbons (Fsp3) is 0.400. The van der Waals surface area contributed by atoms with Gasteiger partial charge in [-0.2, -0.15) is 5.10 Å². The van der Waals surface area contributed by atoms with Crippen molar-refractivity contribution in [3.05, 3.63) is 40.3 Å². The number of nitrogens with zero attached hydrogens (tertiary/aromatic N) is 2. The van der Waals surface area contributed by atoms with E-state index in [4.69, 9.17) is 0 Å². The highest BCUT2D eigenvalue weighted by atomic mass is 35.5. The number of rotatable bonds is 5. The number of hydrogen-bond donors (Lipinski definition) is 2. The van der Waals surface area contributed by atoms with Gasteiger partial charge in [-0.25, -0.2) is 4.68 Å². The van der Waals surface area contributed by atoms with Crippen LogP contribution >= 0.6 is 12.4 Å². The molecule has 1 atom stereocenters. The van der Waals surface area contributed by atoms with Gasteiger partial charge in [0.15, 0.2) is 0 Å². The van der Waals surface area contributed by atoms with Crippen molar-refractivity contribution in [1.82, 2.24) is 20.4 Å². The van der Waals surface area contributed by atoms with E-state index in [0.29, 0.717) is 17.6 Å². The van der Waals surface area contributed by atoms with E-state index >= 15 is 0 Å². The van der Waals surface area contributed by atoms with Gasteiger partial charge in [-0.3, -0.25) is 9.59 Å². The summed E-state index contributed by atoms with van der Waals surface area (Å²) in [4.78, 5) is 24.0. The van der Waals surface area contributed by atoms with Crippen molar-refractivity contribution in [3.8, 4) is 0 Å². The van der Waals surface area contributed by atoms with Crippen LogP contribution in [-0.4, -0.2) is 35.3 Å². The number of aryl methyl sites for hydroxylation is 1. The van der Waals surface area contributed by atoms with Crippen LogP contribution < -0.4 is 16.2 Å². The zero-order chi connectivity index (χ0) is 15.4. The first-order valence-electron chi connectivity index (χ1n) is 6.91. The number of likely N-dealkylation sites (N-methyl/N-ethyl adjacent to an activating group) is 1. The highest BCUT2D eigenvalue weighted by Crippen LogP contribution is 2.13. The minimum atomic E-state index is -0.154. The molecule has 1 aromatic carbocycles. The number of benzene rings is 1. The Kier molecular flexibility index (Phi) is 6.52. The molecule has 2 rings (SSSR count). The van der Waals surface area contributed by atoms with Gasteiger partial charge in [0.25, 0.3) is 5.56 Å². The third-order valence-corrected chi connectivity index (χ3v) is 3.46. The predicted molar refractivity (Wildman–Crippen MR) is 89.5 cm³/mol. The first-order chi connectivity index (χ1) is 10.0. The molecule has 0 aliphatic rings. The largest absolute Gasteiger partial charge is 0.354 e. The molecule has 6 nitrogen and oxygen atoms in total. The average Bonchev–Trinajstić information content (AvgIpc) is 2.50. The van der Waals surface area contributed by atoms with Gasteiger partial charge in [0, 0.05) is 25.0 Å². The number of carbonyl (C=O) groups excluding carboxylic acids is 1. The lowest BCUT2D eigenvalue weighted by Crippen LogP contribution is -2.38. The van der Waals surface area contributed by atoms with Crippen LogP contribution in [0, 0.1) is 0 Å². The molecular weight excluding hydrogens is 304 g/mol. The van der Waals surface area contributed by atoms with Crippen LogP contribution in [0.2, 0.25) is 0 Å². The second kappa shape index (κ2) is 7.91. The number of halogens is 1. The zero-order valence-electron chi connectivity index (χ0n) is 12.9. The second-order valence-electron chi connectivity index (χ2n) is 5.09. The molecular formula is C15H21ClN4O2. The van der Waals surface area contributed by atoms with Crippen molar-refractivity contribution in [2.45, 2.75) is 19.4 Å². The molecule has 22 heavy (non-hydrogen) atoms. The van der Waals surface area contributed by atoms with Crippen molar-refractivity contribution < 1.29 is 4.79 Å². The summed E-state index contributed by atoms with van der Waals surface area (Å²) in [7, 11) is 3.44. The number of fused-ring (bicyclic) bond motifs is 1. The van der Waals surface area contributed by atoms with E-state index in [1.807, 2.05) is 32.2 Å². The Bertz CT molecular complexity index is 714. The van der Waals surface area contributed by atoms with E-state index in [9.17, 15) is 9.59 Å². The summed E-state index contributed by atoms with van der Waals surface area (Å²) >= 11 is 0. The lowest BCUT2D eigenvalue weighted by molar-refractivity contribution is -0.120. The first-order valence-corrected chi connectivity index (χ1v) is 6.91. The maximum atomic E-state index is 12.0. The summed E-state index contributed by atoms with van der Waals surface area (Å²) in [5, 5.41) is 11.4. The van der Waals surface area contributed by atoms with E-state index < -0.39 is 0 Å². The Morgan fingerprint density at radius 3 is 2.59 bits per heavy atom. The van der Waals surface area contributed by atoms with Crippen LogP contribution in [0.15, 0.2) is 29.1 Å². The Balaban J connectivity index is 0.00000242. The van der Waals surface area contributed by atoms with Gasteiger partial charge in [0.1, 0.15) is 0 Å². The molecule has 2 N–H and O–H groups in total. The lowest BCUT2D eigenvalue weighted by Gasteiger charge is -2.12. The molecule has 1 heterocycles. The maximum Gasteiger partial charge on any atom is 0.274 e. The molecule has 0 fully saturated rings. The quantitative estimate of drug-likeness (QED) is 0.845. The molecule has 0 saturated carbocycles. The monoisotopic (exact) mass is 324 g/mol. The number of amides is 1. The van der Waals surface area contributed by atoms with Crippen molar-refractivity contribution in [2.24, 2.45) is 7.05 Å². The van der Waals surface area contributed by atoms with Gasteiger partial charge in [-0.15, -0.1) is 12.4 Å².